The average molecular weight is 414 g/mol. The van der Waals surface area contributed by atoms with Crippen molar-refractivity contribution < 1.29 is 13.2 Å². The number of aliphatic imine (C=N–C) groups is 1. The molecule has 0 aromatic heterocycles. The van der Waals surface area contributed by atoms with Gasteiger partial charge in [0.25, 0.3) is 0 Å². The van der Waals surface area contributed by atoms with Gasteiger partial charge >= 0.3 is 6.18 Å². The molecule has 0 saturated carbocycles. The zero-order chi connectivity index (χ0) is 21.3. The van der Waals surface area contributed by atoms with Crippen molar-refractivity contribution >= 4 is 5.96 Å². The summed E-state index contributed by atoms with van der Waals surface area (Å²) in [6, 6.07) is 8.26. The molecule has 29 heavy (non-hydrogen) atoms. The van der Waals surface area contributed by atoms with Crippen molar-refractivity contribution in [3.63, 3.8) is 0 Å². The van der Waals surface area contributed by atoms with Gasteiger partial charge in [0.15, 0.2) is 5.96 Å². The summed E-state index contributed by atoms with van der Waals surface area (Å²) in [7, 11) is 0. The van der Waals surface area contributed by atoms with Crippen LogP contribution in [0.2, 0.25) is 0 Å². The summed E-state index contributed by atoms with van der Waals surface area (Å²) < 4.78 is 37.8. The topological polar surface area (TPSA) is 42.9 Å². The molecule has 1 aliphatic rings. The van der Waals surface area contributed by atoms with Gasteiger partial charge in [-0.05, 0) is 37.6 Å². The Morgan fingerprint density at radius 3 is 2.48 bits per heavy atom. The largest absolute Gasteiger partial charge is 0.401 e. The molecule has 1 aliphatic heterocycles. The van der Waals surface area contributed by atoms with Gasteiger partial charge < -0.3 is 10.6 Å². The normalized spacial score (nSPS) is 18.4. The molecule has 164 valence electrons. The second-order valence-electron chi connectivity index (χ2n) is 7.41. The van der Waals surface area contributed by atoms with E-state index in [9.17, 15) is 13.2 Å². The van der Waals surface area contributed by atoms with Crippen LogP contribution in [0.1, 0.15) is 38.3 Å². The van der Waals surface area contributed by atoms with Gasteiger partial charge in [-0.2, -0.15) is 13.2 Å². The maximum Gasteiger partial charge on any atom is 0.401 e. The Morgan fingerprint density at radius 2 is 1.86 bits per heavy atom. The fourth-order valence-electron chi connectivity index (χ4n) is 3.58. The Hall–Kier alpha value is -1.80. The first kappa shape index (κ1) is 23.5. The lowest BCUT2D eigenvalue weighted by molar-refractivity contribution is -0.143. The monoisotopic (exact) mass is 413 g/mol. The first-order valence-corrected chi connectivity index (χ1v) is 10.5. The van der Waals surface area contributed by atoms with Crippen LogP contribution in [0.5, 0.6) is 0 Å². The summed E-state index contributed by atoms with van der Waals surface area (Å²) >= 11 is 0. The minimum absolute atomic E-state index is 0.0268. The molecule has 0 amide bonds. The van der Waals surface area contributed by atoms with Crippen LogP contribution in [0.25, 0.3) is 0 Å². The molecular formula is C21H34F3N5. The van der Waals surface area contributed by atoms with E-state index in [0.717, 1.165) is 19.6 Å². The van der Waals surface area contributed by atoms with Crippen molar-refractivity contribution in [2.45, 2.75) is 52.5 Å². The van der Waals surface area contributed by atoms with Crippen molar-refractivity contribution in [2.24, 2.45) is 4.99 Å². The Morgan fingerprint density at radius 1 is 1.17 bits per heavy atom. The minimum Gasteiger partial charge on any atom is -0.357 e. The third-order valence-corrected chi connectivity index (χ3v) is 5.17. The summed E-state index contributed by atoms with van der Waals surface area (Å²) in [5.74, 6) is 0.656. The van der Waals surface area contributed by atoms with E-state index >= 15 is 0 Å². The summed E-state index contributed by atoms with van der Waals surface area (Å²) in [5.41, 5.74) is 2.43. The zero-order valence-electron chi connectivity index (χ0n) is 17.7. The van der Waals surface area contributed by atoms with E-state index in [-0.39, 0.29) is 6.04 Å². The Bertz CT molecular complexity index is 643. The van der Waals surface area contributed by atoms with E-state index < -0.39 is 12.7 Å². The molecule has 1 aromatic carbocycles. The number of benzene rings is 1. The number of likely N-dealkylation sites (tertiary alicyclic amines) is 1. The molecule has 1 heterocycles. The van der Waals surface area contributed by atoms with Crippen LogP contribution >= 0.6 is 0 Å². The molecule has 1 atom stereocenters. The van der Waals surface area contributed by atoms with E-state index in [1.54, 1.807) is 0 Å². The SMILES string of the molecule is CCNC(=NCc1ccccc1CN(CC)CC)NC1CCN(CC(F)(F)F)C1. The van der Waals surface area contributed by atoms with Gasteiger partial charge in [-0.25, -0.2) is 4.99 Å². The molecular weight excluding hydrogens is 379 g/mol. The number of rotatable bonds is 9. The van der Waals surface area contributed by atoms with Gasteiger partial charge in [-0.1, -0.05) is 38.1 Å². The van der Waals surface area contributed by atoms with Crippen LogP contribution in [-0.4, -0.2) is 67.2 Å². The zero-order valence-corrected chi connectivity index (χ0v) is 17.7. The second-order valence-corrected chi connectivity index (χ2v) is 7.41. The highest BCUT2D eigenvalue weighted by atomic mass is 19.4. The van der Waals surface area contributed by atoms with Gasteiger partial charge in [-0.3, -0.25) is 9.80 Å². The summed E-state index contributed by atoms with van der Waals surface area (Å²) in [5, 5.41) is 6.52. The van der Waals surface area contributed by atoms with Crippen LogP contribution in [0.3, 0.4) is 0 Å². The molecule has 0 spiro atoms. The van der Waals surface area contributed by atoms with E-state index in [4.69, 9.17) is 4.99 Å². The number of nitrogens with zero attached hydrogens (tertiary/aromatic N) is 3. The van der Waals surface area contributed by atoms with Gasteiger partial charge in [0, 0.05) is 32.2 Å². The van der Waals surface area contributed by atoms with E-state index in [1.807, 2.05) is 19.1 Å². The number of halogens is 3. The molecule has 0 aliphatic carbocycles. The number of guanidine groups is 1. The highest BCUT2D eigenvalue weighted by Gasteiger charge is 2.34. The van der Waals surface area contributed by atoms with Crippen molar-refractivity contribution in [2.75, 3.05) is 39.3 Å². The van der Waals surface area contributed by atoms with Crippen molar-refractivity contribution in [3.05, 3.63) is 35.4 Å². The quantitative estimate of drug-likeness (QED) is 0.482. The minimum atomic E-state index is -4.15. The van der Waals surface area contributed by atoms with Crippen LogP contribution in [-0.2, 0) is 13.1 Å². The maximum atomic E-state index is 12.6. The van der Waals surface area contributed by atoms with Crippen LogP contribution in [0, 0.1) is 0 Å². The predicted octanol–water partition coefficient (Wildman–Crippen LogP) is 3.22. The fourth-order valence-corrected chi connectivity index (χ4v) is 3.58. The number of hydrogen-bond acceptors (Lipinski definition) is 3. The van der Waals surface area contributed by atoms with Crippen LogP contribution < -0.4 is 10.6 Å². The third kappa shape index (κ3) is 8.22. The van der Waals surface area contributed by atoms with Crippen LogP contribution in [0.4, 0.5) is 13.2 Å². The highest BCUT2D eigenvalue weighted by molar-refractivity contribution is 5.80. The lowest BCUT2D eigenvalue weighted by Crippen LogP contribution is -2.45. The van der Waals surface area contributed by atoms with Gasteiger partial charge in [0.2, 0.25) is 0 Å². The number of hydrogen-bond donors (Lipinski definition) is 2. The number of nitrogens with one attached hydrogen (secondary N) is 2. The molecule has 2 N–H and O–H groups in total. The Kier molecular flexibility index (Phi) is 9.23. The second kappa shape index (κ2) is 11.4. The molecule has 1 saturated heterocycles. The third-order valence-electron chi connectivity index (χ3n) is 5.17. The van der Waals surface area contributed by atoms with Gasteiger partial charge in [-0.15, -0.1) is 0 Å². The molecule has 8 heteroatoms. The Balaban J connectivity index is 1.99. The molecule has 1 aromatic rings. The first-order chi connectivity index (χ1) is 13.8. The standard InChI is InChI=1S/C21H34F3N5/c1-4-25-20(27-19-11-12-29(15-19)16-21(22,23)24)26-13-17-9-7-8-10-18(17)14-28(5-2)6-3/h7-10,19H,4-6,11-16H2,1-3H3,(H2,25,26,27). The average Bonchev–Trinajstić information content (AvgIpc) is 3.10. The first-order valence-electron chi connectivity index (χ1n) is 10.5. The highest BCUT2D eigenvalue weighted by Crippen LogP contribution is 2.20. The van der Waals surface area contributed by atoms with E-state index in [0.29, 0.717) is 38.6 Å². The Labute approximate surface area is 172 Å². The number of alkyl halides is 3. The van der Waals surface area contributed by atoms with Gasteiger partial charge in [0.05, 0.1) is 13.1 Å². The molecule has 1 unspecified atom stereocenters. The molecule has 1 fully saturated rings. The van der Waals surface area contributed by atoms with Crippen molar-refractivity contribution in [1.29, 1.82) is 0 Å². The smallest absolute Gasteiger partial charge is 0.357 e. The van der Waals surface area contributed by atoms with Crippen molar-refractivity contribution in [3.8, 4) is 0 Å². The maximum absolute atomic E-state index is 12.6. The van der Waals surface area contributed by atoms with Crippen molar-refractivity contribution in [1.82, 2.24) is 20.4 Å². The van der Waals surface area contributed by atoms with E-state index in [1.165, 1.54) is 16.0 Å². The van der Waals surface area contributed by atoms with E-state index in [2.05, 4.69) is 41.5 Å². The summed E-state index contributed by atoms with van der Waals surface area (Å²) in [6.07, 6.45) is -3.47. The van der Waals surface area contributed by atoms with Crippen LogP contribution in [0.15, 0.2) is 29.3 Å². The molecule has 0 radical (unpaired) electrons. The molecule has 5 nitrogen and oxygen atoms in total. The summed E-state index contributed by atoms with van der Waals surface area (Å²) in [4.78, 5) is 8.51. The molecule has 0 bridgehead atoms. The lowest BCUT2D eigenvalue weighted by atomic mass is 10.1. The molecule has 2 rings (SSSR count). The fraction of sp³-hybridized carbons (Fsp3) is 0.667. The summed E-state index contributed by atoms with van der Waals surface area (Å²) in [6.45, 7) is 10.4. The predicted molar refractivity (Wildman–Crippen MR) is 112 cm³/mol. The van der Waals surface area contributed by atoms with Gasteiger partial charge in [0.1, 0.15) is 0 Å². The lowest BCUT2D eigenvalue weighted by Gasteiger charge is -2.21.